The molecule has 0 bridgehead atoms. The standard InChI is InChI=1S/C11H11NO3S/c1-14-8-5-7(3-2-4-12)6-9-10(8)15-11(13)16-9/h2-3,5-6H,4,12H2,1H3/b3-2+. The van der Waals surface area contributed by atoms with Gasteiger partial charge in [0.25, 0.3) is 0 Å². The molecule has 16 heavy (non-hydrogen) atoms. The minimum absolute atomic E-state index is 0.326. The first-order chi connectivity index (χ1) is 7.74. The number of rotatable bonds is 3. The molecule has 0 saturated carbocycles. The fraction of sp³-hybridized carbons (Fsp3) is 0.182. The maximum Gasteiger partial charge on any atom is 0.396 e. The van der Waals surface area contributed by atoms with Gasteiger partial charge in [0.15, 0.2) is 11.3 Å². The molecule has 0 unspecified atom stereocenters. The molecule has 2 N–H and O–H groups in total. The number of benzene rings is 1. The van der Waals surface area contributed by atoms with Gasteiger partial charge in [-0.1, -0.05) is 23.5 Å². The van der Waals surface area contributed by atoms with E-state index in [-0.39, 0.29) is 4.94 Å². The molecule has 1 heterocycles. The largest absolute Gasteiger partial charge is 0.493 e. The van der Waals surface area contributed by atoms with Crippen LogP contribution in [0.25, 0.3) is 16.4 Å². The predicted molar refractivity (Wildman–Crippen MR) is 65.0 cm³/mol. The molecule has 0 aliphatic heterocycles. The Morgan fingerprint density at radius 2 is 2.38 bits per heavy atom. The molecule has 0 spiro atoms. The SMILES string of the molecule is COc1cc(/C=C/CN)cc2sc(=O)oc12. The highest BCUT2D eigenvalue weighted by atomic mass is 32.1. The number of hydrogen-bond donors (Lipinski definition) is 1. The van der Waals surface area contributed by atoms with Crippen LogP contribution in [0.15, 0.2) is 27.4 Å². The van der Waals surface area contributed by atoms with Crippen molar-refractivity contribution in [2.75, 3.05) is 13.7 Å². The van der Waals surface area contributed by atoms with Gasteiger partial charge in [0.05, 0.1) is 11.8 Å². The van der Waals surface area contributed by atoms with Gasteiger partial charge in [-0.05, 0) is 17.7 Å². The fourth-order valence-electron chi connectivity index (χ4n) is 1.42. The molecular formula is C11H11NO3S. The third-order valence-corrected chi connectivity index (χ3v) is 2.86. The van der Waals surface area contributed by atoms with E-state index in [1.165, 1.54) is 0 Å². The molecule has 1 aromatic heterocycles. The lowest BCUT2D eigenvalue weighted by atomic mass is 10.2. The molecule has 5 heteroatoms. The summed E-state index contributed by atoms with van der Waals surface area (Å²) in [4.78, 5) is 10.8. The van der Waals surface area contributed by atoms with E-state index in [0.717, 1.165) is 21.6 Å². The van der Waals surface area contributed by atoms with Crippen molar-refractivity contribution in [3.8, 4) is 5.75 Å². The van der Waals surface area contributed by atoms with E-state index < -0.39 is 0 Å². The molecule has 0 aliphatic rings. The fourth-order valence-corrected chi connectivity index (χ4v) is 2.15. The minimum atomic E-state index is -0.326. The molecule has 0 fully saturated rings. The highest BCUT2D eigenvalue weighted by molar-refractivity contribution is 7.16. The van der Waals surface area contributed by atoms with Gasteiger partial charge >= 0.3 is 4.94 Å². The van der Waals surface area contributed by atoms with Crippen LogP contribution in [0, 0.1) is 0 Å². The lowest BCUT2D eigenvalue weighted by Gasteiger charge is -2.01. The lowest BCUT2D eigenvalue weighted by molar-refractivity contribution is 0.408. The average molecular weight is 237 g/mol. The van der Waals surface area contributed by atoms with Crippen LogP contribution in [0.2, 0.25) is 0 Å². The zero-order chi connectivity index (χ0) is 11.5. The molecule has 1 aromatic carbocycles. The Bertz CT molecular complexity index is 582. The van der Waals surface area contributed by atoms with Crippen molar-refractivity contribution in [1.29, 1.82) is 0 Å². The van der Waals surface area contributed by atoms with Gasteiger partial charge in [0, 0.05) is 6.54 Å². The van der Waals surface area contributed by atoms with Crippen molar-refractivity contribution in [2.45, 2.75) is 0 Å². The van der Waals surface area contributed by atoms with Crippen LogP contribution in [0.4, 0.5) is 0 Å². The number of hydrogen-bond acceptors (Lipinski definition) is 5. The monoisotopic (exact) mass is 237 g/mol. The van der Waals surface area contributed by atoms with Crippen molar-refractivity contribution in [3.63, 3.8) is 0 Å². The van der Waals surface area contributed by atoms with Gasteiger partial charge in [0.1, 0.15) is 0 Å². The van der Waals surface area contributed by atoms with E-state index >= 15 is 0 Å². The number of nitrogens with two attached hydrogens (primary N) is 1. The first kappa shape index (κ1) is 10.9. The quantitative estimate of drug-likeness (QED) is 0.884. The average Bonchev–Trinajstić information content (AvgIpc) is 2.65. The van der Waals surface area contributed by atoms with Crippen LogP contribution < -0.4 is 15.4 Å². The smallest absolute Gasteiger partial charge is 0.396 e. The minimum Gasteiger partial charge on any atom is -0.493 e. The molecule has 0 aliphatic carbocycles. The summed E-state index contributed by atoms with van der Waals surface area (Å²) in [5.74, 6) is 0.563. The highest BCUT2D eigenvalue weighted by Crippen LogP contribution is 2.29. The summed E-state index contributed by atoms with van der Waals surface area (Å²) in [5.41, 5.74) is 6.82. The van der Waals surface area contributed by atoms with E-state index in [2.05, 4.69) is 0 Å². The Morgan fingerprint density at radius 3 is 3.06 bits per heavy atom. The van der Waals surface area contributed by atoms with Crippen LogP contribution in [0.1, 0.15) is 5.56 Å². The third kappa shape index (κ3) is 2.00. The Labute approximate surface area is 95.9 Å². The predicted octanol–water partition coefficient (Wildman–Crippen LogP) is 1.83. The first-order valence-electron chi connectivity index (χ1n) is 4.73. The second-order valence-electron chi connectivity index (χ2n) is 3.14. The topological polar surface area (TPSA) is 65.5 Å². The van der Waals surface area contributed by atoms with Crippen LogP contribution in [-0.4, -0.2) is 13.7 Å². The number of methoxy groups -OCH3 is 1. The molecule has 4 nitrogen and oxygen atoms in total. The Kier molecular flexibility index (Phi) is 3.07. The van der Waals surface area contributed by atoms with Gasteiger partial charge < -0.3 is 14.9 Å². The van der Waals surface area contributed by atoms with Crippen molar-refractivity contribution in [3.05, 3.63) is 33.5 Å². The molecule has 0 atom stereocenters. The molecule has 0 amide bonds. The molecule has 0 saturated heterocycles. The summed E-state index contributed by atoms with van der Waals surface area (Å²) in [5, 5.41) is 0. The molecule has 0 radical (unpaired) electrons. The second kappa shape index (κ2) is 4.51. The molecule has 2 rings (SSSR count). The van der Waals surface area contributed by atoms with Gasteiger partial charge in [-0.25, -0.2) is 4.79 Å². The normalized spacial score (nSPS) is 11.4. The zero-order valence-electron chi connectivity index (χ0n) is 8.73. The second-order valence-corrected chi connectivity index (χ2v) is 4.12. The Balaban J connectivity index is 2.62. The Hall–Kier alpha value is -1.59. The zero-order valence-corrected chi connectivity index (χ0v) is 9.54. The van der Waals surface area contributed by atoms with E-state index in [1.807, 2.05) is 24.3 Å². The van der Waals surface area contributed by atoms with Crippen LogP contribution >= 0.6 is 11.3 Å². The highest BCUT2D eigenvalue weighted by Gasteiger charge is 2.09. The van der Waals surface area contributed by atoms with E-state index in [4.69, 9.17) is 14.9 Å². The molecule has 84 valence electrons. The number of fused-ring (bicyclic) bond motifs is 1. The van der Waals surface area contributed by atoms with E-state index in [9.17, 15) is 4.79 Å². The Morgan fingerprint density at radius 1 is 1.56 bits per heavy atom. The summed E-state index contributed by atoms with van der Waals surface area (Å²) in [7, 11) is 1.54. The van der Waals surface area contributed by atoms with Crippen LogP contribution in [0.5, 0.6) is 5.75 Å². The van der Waals surface area contributed by atoms with Gasteiger partial charge in [-0.15, -0.1) is 0 Å². The van der Waals surface area contributed by atoms with Crippen molar-refractivity contribution >= 4 is 27.7 Å². The summed E-state index contributed by atoms with van der Waals surface area (Å²) in [6.45, 7) is 0.474. The lowest BCUT2D eigenvalue weighted by Crippen LogP contribution is -1.92. The summed E-state index contributed by atoms with van der Waals surface area (Å²) in [6.07, 6.45) is 3.72. The first-order valence-corrected chi connectivity index (χ1v) is 5.54. The van der Waals surface area contributed by atoms with Crippen molar-refractivity contribution in [2.24, 2.45) is 5.73 Å². The molecular weight excluding hydrogens is 226 g/mol. The maximum atomic E-state index is 11.1. The van der Waals surface area contributed by atoms with Crippen molar-refractivity contribution < 1.29 is 9.15 Å². The molecule has 2 aromatic rings. The van der Waals surface area contributed by atoms with Crippen LogP contribution in [-0.2, 0) is 0 Å². The maximum absolute atomic E-state index is 11.1. The van der Waals surface area contributed by atoms with E-state index in [0.29, 0.717) is 17.9 Å². The van der Waals surface area contributed by atoms with Crippen LogP contribution in [0.3, 0.4) is 0 Å². The van der Waals surface area contributed by atoms with Gasteiger partial charge in [0.2, 0.25) is 0 Å². The van der Waals surface area contributed by atoms with Crippen molar-refractivity contribution in [1.82, 2.24) is 0 Å². The number of ether oxygens (including phenoxy) is 1. The summed E-state index contributed by atoms with van der Waals surface area (Å²) < 4.78 is 11.0. The summed E-state index contributed by atoms with van der Waals surface area (Å²) in [6, 6.07) is 3.68. The summed E-state index contributed by atoms with van der Waals surface area (Å²) >= 11 is 1.06. The van der Waals surface area contributed by atoms with Gasteiger partial charge in [-0.2, -0.15) is 0 Å². The van der Waals surface area contributed by atoms with E-state index in [1.54, 1.807) is 7.11 Å². The van der Waals surface area contributed by atoms with Gasteiger partial charge in [-0.3, -0.25) is 0 Å². The third-order valence-electron chi connectivity index (χ3n) is 2.09.